The molecule has 0 atom stereocenters. The molecule has 1 aromatic rings. The van der Waals surface area contributed by atoms with E-state index in [1.807, 2.05) is 18.2 Å². The maximum atomic E-state index is 9.79. The predicted molar refractivity (Wildman–Crippen MR) is 73.0 cm³/mol. The number of phenols is 1. The molecule has 0 aliphatic carbocycles. The number of nitrogens with zero attached hydrogens (tertiary/aromatic N) is 1. The van der Waals surface area contributed by atoms with Crippen molar-refractivity contribution in [2.75, 3.05) is 7.05 Å². The third-order valence-electron chi connectivity index (χ3n) is 3.29. The van der Waals surface area contributed by atoms with Gasteiger partial charge in [-0.1, -0.05) is 45.9 Å². The molecule has 0 amide bonds. The van der Waals surface area contributed by atoms with Gasteiger partial charge in [0.1, 0.15) is 5.75 Å². The van der Waals surface area contributed by atoms with Gasteiger partial charge in [0.15, 0.2) is 0 Å². The van der Waals surface area contributed by atoms with E-state index in [2.05, 4.69) is 39.6 Å². The Balaban J connectivity index is 2.77. The second kappa shape index (κ2) is 6.06. The van der Waals surface area contributed by atoms with Crippen molar-refractivity contribution in [2.24, 2.45) is 11.8 Å². The SMILES string of the molecule is CC(C)C(C(C)C)N(C)Cc1ccccc1O. The first-order valence-electron chi connectivity index (χ1n) is 6.40. The molecule has 0 aromatic heterocycles. The van der Waals surface area contributed by atoms with E-state index in [-0.39, 0.29) is 0 Å². The Bertz CT molecular complexity index is 339. The first kappa shape index (κ1) is 14.0. The second-order valence-corrected chi connectivity index (χ2v) is 5.52. The zero-order chi connectivity index (χ0) is 13.0. The number of para-hydroxylation sites is 1. The Kier molecular flexibility index (Phi) is 5.01. The normalized spacial score (nSPS) is 12.1. The van der Waals surface area contributed by atoms with E-state index in [0.29, 0.717) is 23.6 Å². The fourth-order valence-corrected chi connectivity index (χ4v) is 2.81. The van der Waals surface area contributed by atoms with Gasteiger partial charge in [-0.05, 0) is 24.9 Å². The Hall–Kier alpha value is -1.02. The Morgan fingerprint density at radius 2 is 1.59 bits per heavy atom. The molecule has 2 nitrogen and oxygen atoms in total. The fraction of sp³-hybridized carbons (Fsp3) is 0.600. The topological polar surface area (TPSA) is 23.5 Å². The van der Waals surface area contributed by atoms with Gasteiger partial charge in [0.2, 0.25) is 0 Å². The molecule has 0 bridgehead atoms. The van der Waals surface area contributed by atoms with E-state index in [1.165, 1.54) is 0 Å². The Labute approximate surface area is 105 Å². The van der Waals surface area contributed by atoms with Gasteiger partial charge in [-0.15, -0.1) is 0 Å². The fourth-order valence-electron chi connectivity index (χ4n) is 2.81. The molecule has 0 spiro atoms. The molecule has 0 radical (unpaired) electrons. The maximum Gasteiger partial charge on any atom is 0.120 e. The standard InChI is InChI=1S/C15H25NO/c1-11(2)15(12(3)4)16(5)10-13-8-6-7-9-14(13)17/h6-9,11-12,15,17H,10H2,1-5H3. The van der Waals surface area contributed by atoms with Crippen LogP contribution < -0.4 is 0 Å². The Morgan fingerprint density at radius 3 is 2.06 bits per heavy atom. The summed E-state index contributed by atoms with van der Waals surface area (Å²) < 4.78 is 0. The summed E-state index contributed by atoms with van der Waals surface area (Å²) in [7, 11) is 2.14. The minimum absolute atomic E-state index is 0.394. The zero-order valence-corrected chi connectivity index (χ0v) is 11.6. The number of benzene rings is 1. The zero-order valence-electron chi connectivity index (χ0n) is 11.6. The first-order chi connectivity index (χ1) is 7.93. The summed E-state index contributed by atoms with van der Waals surface area (Å²) in [6.07, 6.45) is 0. The van der Waals surface area contributed by atoms with Crippen molar-refractivity contribution < 1.29 is 5.11 Å². The van der Waals surface area contributed by atoms with E-state index in [4.69, 9.17) is 0 Å². The van der Waals surface area contributed by atoms with Crippen molar-refractivity contribution in [1.82, 2.24) is 4.90 Å². The highest BCUT2D eigenvalue weighted by atomic mass is 16.3. The lowest BCUT2D eigenvalue weighted by atomic mass is 9.91. The largest absolute Gasteiger partial charge is 0.508 e. The van der Waals surface area contributed by atoms with E-state index < -0.39 is 0 Å². The van der Waals surface area contributed by atoms with Crippen LogP contribution >= 0.6 is 0 Å². The van der Waals surface area contributed by atoms with Crippen LogP contribution in [0.3, 0.4) is 0 Å². The Morgan fingerprint density at radius 1 is 1.06 bits per heavy atom. The smallest absolute Gasteiger partial charge is 0.120 e. The monoisotopic (exact) mass is 235 g/mol. The van der Waals surface area contributed by atoms with Gasteiger partial charge in [-0.25, -0.2) is 0 Å². The molecule has 1 aromatic carbocycles. The highest BCUT2D eigenvalue weighted by Gasteiger charge is 2.22. The second-order valence-electron chi connectivity index (χ2n) is 5.52. The average Bonchev–Trinajstić information content (AvgIpc) is 2.20. The maximum absolute atomic E-state index is 9.79. The lowest BCUT2D eigenvalue weighted by Gasteiger charge is -2.34. The van der Waals surface area contributed by atoms with Crippen LogP contribution in [0.2, 0.25) is 0 Å². The van der Waals surface area contributed by atoms with Gasteiger partial charge in [0.05, 0.1) is 0 Å². The highest BCUT2D eigenvalue weighted by molar-refractivity contribution is 5.31. The van der Waals surface area contributed by atoms with Crippen LogP contribution in [-0.2, 0) is 6.54 Å². The lowest BCUT2D eigenvalue weighted by Crippen LogP contribution is -2.39. The molecule has 0 aliphatic rings. The van der Waals surface area contributed by atoms with Gasteiger partial charge in [-0.3, -0.25) is 4.90 Å². The first-order valence-corrected chi connectivity index (χ1v) is 6.40. The third kappa shape index (κ3) is 3.74. The summed E-state index contributed by atoms with van der Waals surface area (Å²) in [6, 6.07) is 8.12. The number of hydrogen-bond donors (Lipinski definition) is 1. The van der Waals surface area contributed by atoms with Gasteiger partial charge < -0.3 is 5.11 Å². The molecule has 0 fully saturated rings. The molecule has 17 heavy (non-hydrogen) atoms. The van der Waals surface area contributed by atoms with Crippen molar-refractivity contribution in [1.29, 1.82) is 0 Å². The van der Waals surface area contributed by atoms with Crippen LogP contribution in [0.4, 0.5) is 0 Å². The van der Waals surface area contributed by atoms with Crippen LogP contribution in [0.5, 0.6) is 5.75 Å². The molecule has 0 aliphatic heterocycles. The minimum Gasteiger partial charge on any atom is -0.508 e. The van der Waals surface area contributed by atoms with E-state index in [9.17, 15) is 5.11 Å². The van der Waals surface area contributed by atoms with Crippen LogP contribution in [0.15, 0.2) is 24.3 Å². The number of phenolic OH excluding ortho intramolecular Hbond substituents is 1. The van der Waals surface area contributed by atoms with Crippen molar-refractivity contribution >= 4 is 0 Å². The molecule has 96 valence electrons. The molecule has 0 heterocycles. The van der Waals surface area contributed by atoms with Crippen molar-refractivity contribution in [2.45, 2.75) is 40.3 Å². The number of hydrogen-bond acceptors (Lipinski definition) is 2. The summed E-state index contributed by atoms with van der Waals surface area (Å²) in [5.41, 5.74) is 1.00. The molecular weight excluding hydrogens is 210 g/mol. The third-order valence-corrected chi connectivity index (χ3v) is 3.29. The van der Waals surface area contributed by atoms with Crippen LogP contribution in [0.1, 0.15) is 33.3 Å². The van der Waals surface area contributed by atoms with Crippen molar-refractivity contribution in [3.05, 3.63) is 29.8 Å². The molecule has 0 saturated carbocycles. The summed E-state index contributed by atoms with van der Waals surface area (Å²) in [4.78, 5) is 2.34. The van der Waals surface area contributed by atoms with Gasteiger partial charge in [0.25, 0.3) is 0 Å². The average molecular weight is 235 g/mol. The molecular formula is C15H25NO. The number of rotatable bonds is 5. The van der Waals surface area contributed by atoms with Crippen molar-refractivity contribution in [3.63, 3.8) is 0 Å². The van der Waals surface area contributed by atoms with Gasteiger partial charge in [0, 0.05) is 18.2 Å². The van der Waals surface area contributed by atoms with Crippen LogP contribution in [0.25, 0.3) is 0 Å². The van der Waals surface area contributed by atoms with Gasteiger partial charge >= 0.3 is 0 Å². The van der Waals surface area contributed by atoms with E-state index in [1.54, 1.807) is 6.07 Å². The summed E-state index contributed by atoms with van der Waals surface area (Å²) >= 11 is 0. The molecule has 0 saturated heterocycles. The minimum atomic E-state index is 0.394. The summed E-state index contributed by atoms with van der Waals surface area (Å²) in [6.45, 7) is 9.82. The van der Waals surface area contributed by atoms with Crippen LogP contribution in [0, 0.1) is 11.8 Å². The van der Waals surface area contributed by atoms with Crippen molar-refractivity contribution in [3.8, 4) is 5.75 Å². The summed E-state index contributed by atoms with van der Waals surface area (Å²) in [5.74, 6) is 1.63. The quantitative estimate of drug-likeness (QED) is 0.844. The molecule has 0 unspecified atom stereocenters. The van der Waals surface area contributed by atoms with Crippen LogP contribution in [-0.4, -0.2) is 23.1 Å². The van der Waals surface area contributed by atoms with E-state index in [0.717, 1.165) is 12.1 Å². The summed E-state index contributed by atoms with van der Waals surface area (Å²) in [5, 5.41) is 9.79. The molecule has 1 N–H and O–H groups in total. The lowest BCUT2D eigenvalue weighted by molar-refractivity contribution is 0.137. The van der Waals surface area contributed by atoms with E-state index >= 15 is 0 Å². The molecule has 1 rings (SSSR count). The van der Waals surface area contributed by atoms with Gasteiger partial charge in [-0.2, -0.15) is 0 Å². The highest BCUT2D eigenvalue weighted by Crippen LogP contribution is 2.23. The predicted octanol–water partition coefficient (Wildman–Crippen LogP) is 3.50. The number of aromatic hydroxyl groups is 1. The molecule has 2 heteroatoms.